The average molecular weight is 430 g/mol. The first-order valence-corrected chi connectivity index (χ1v) is 10.1. The van der Waals surface area contributed by atoms with Crippen LogP contribution in [-0.4, -0.2) is 35.8 Å². The molecule has 156 valence electrons. The van der Waals surface area contributed by atoms with Gasteiger partial charge in [-0.25, -0.2) is 4.79 Å². The topological polar surface area (TPSA) is 145 Å². The second-order valence-electron chi connectivity index (χ2n) is 7.07. The molecule has 2 heterocycles. The van der Waals surface area contributed by atoms with Crippen molar-refractivity contribution in [3.63, 3.8) is 0 Å². The number of anilines is 2. The molecule has 0 saturated carbocycles. The second-order valence-corrected chi connectivity index (χ2v) is 8.17. The third-order valence-corrected chi connectivity index (χ3v) is 6.25. The van der Waals surface area contributed by atoms with E-state index < -0.39 is 22.7 Å². The summed E-state index contributed by atoms with van der Waals surface area (Å²) in [6.45, 7) is -0.372. The number of rotatable bonds is 5. The number of amides is 2. The normalized spacial score (nSPS) is 15.1. The molecule has 0 bridgehead atoms. The number of hydrogen-bond donors (Lipinski definition) is 2. The molecule has 1 aromatic carbocycles. The first-order valence-electron chi connectivity index (χ1n) is 9.31. The van der Waals surface area contributed by atoms with E-state index in [0.717, 1.165) is 42.2 Å². The van der Waals surface area contributed by atoms with Crippen molar-refractivity contribution in [2.24, 2.45) is 5.73 Å². The Morgan fingerprint density at radius 1 is 1.30 bits per heavy atom. The Balaban J connectivity index is 1.56. The molecule has 0 unspecified atom stereocenters. The maximum absolute atomic E-state index is 12.7. The fourth-order valence-corrected chi connectivity index (χ4v) is 5.06. The first kappa shape index (κ1) is 19.8. The summed E-state index contributed by atoms with van der Waals surface area (Å²) in [5.41, 5.74) is 7.00. The quantitative estimate of drug-likeness (QED) is 0.319. The van der Waals surface area contributed by atoms with Crippen molar-refractivity contribution in [1.29, 1.82) is 0 Å². The molecule has 1 aliphatic carbocycles. The number of carbonyl (C=O) groups excluding carboxylic acids is 3. The Morgan fingerprint density at radius 2 is 2.07 bits per heavy atom. The highest BCUT2D eigenvalue weighted by Crippen LogP contribution is 2.38. The highest BCUT2D eigenvalue weighted by Gasteiger charge is 2.29. The van der Waals surface area contributed by atoms with Crippen LogP contribution in [0.4, 0.5) is 16.4 Å². The van der Waals surface area contributed by atoms with Gasteiger partial charge in [-0.3, -0.25) is 19.7 Å². The number of aryl methyl sites for hydroxylation is 1. The molecule has 1 aliphatic heterocycles. The summed E-state index contributed by atoms with van der Waals surface area (Å²) >= 11 is 1.35. The van der Waals surface area contributed by atoms with Gasteiger partial charge in [0.25, 0.3) is 11.6 Å². The van der Waals surface area contributed by atoms with E-state index in [1.807, 2.05) is 0 Å². The largest absolute Gasteiger partial charge is 0.423 e. The number of fused-ring (bicyclic) bond motifs is 2. The van der Waals surface area contributed by atoms with Gasteiger partial charge in [0.2, 0.25) is 5.91 Å². The molecule has 1 aromatic heterocycles. The van der Waals surface area contributed by atoms with Crippen LogP contribution in [0.5, 0.6) is 5.75 Å². The Hall–Kier alpha value is -3.47. The van der Waals surface area contributed by atoms with Gasteiger partial charge in [-0.15, -0.1) is 11.3 Å². The van der Waals surface area contributed by atoms with Crippen molar-refractivity contribution >= 4 is 45.5 Å². The van der Waals surface area contributed by atoms with Crippen LogP contribution in [-0.2, 0) is 22.4 Å². The number of nitrogens with zero attached hydrogens (tertiary/aromatic N) is 2. The van der Waals surface area contributed by atoms with Gasteiger partial charge >= 0.3 is 5.97 Å². The predicted molar refractivity (Wildman–Crippen MR) is 109 cm³/mol. The van der Waals surface area contributed by atoms with Gasteiger partial charge in [0.1, 0.15) is 11.5 Å². The molecule has 0 spiro atoms. The molecule has 0 atom stereocenters. The first-order chi connectivity index (χ1) is 14.3. The monoisotopic (exact) mass is 430 g/mol. The van der Waals surface area contributed by atoms with Gasteiger partial charge < -0.3 is 20.7 Å². The number of nitrogens with two attached hydrogens (primary N) is 1. The van der Waals surface area contributed by atoms with Crippen molar-refractivity contribution in [3.05, 3.63) is 44.3 Å². The molecular weight excluding hydrogens is 412 g/mol. The summed E-state index contributed by atoms with van der Waals surface area (Å²) in [7, 11) is 0. The molecule has 10 nitrogen and oxygen atoms in total. The lowest BCUT2D eigenvalue weighted by Crippen LogP contribution is -2.41. The standard InChI is InChI=1S/C19H18N4O6S/c20-18(26)17-11-3-1-2-4-14(11)30-19(17)21-15(24)8-22-9-16(25)29-13-7-10(23(27)28)5-6-12(13)22/h5-7H,1-4,8-9H2,(H2,20,26)(H,21,24). The summed E-state index contributed by atoms with van der Waals surface area (Å²) in [5.74, 6) is -1.61. The Morgan fingerprint density at radius 3 is 2.80 bits per heavy atom. The molecule has 0 fully saturated rings. The molecule has 0 radical (unpaired) electrons. The van der Waals surface area contributed by atoms with Crippen LogP contribution in [0.1, 0.15) is 33.6 Å². The molecule has 3 N–H and O–H groups in total. The average Bonchev–Trinajstić information content (AvgIpc) is 3.05. The van der Waals surface area contributed by atoms with E-state index in [1.54, 1.807) is 0 Å². The SMILES string of the molecule is NC(=O)c1c(NC(=O)CN2CC(=O)Oc3cc([N+](=O)[O-])ccc32)sc2c1CCCC2. The fraction of sp³-hybridized carbons (Fsp3) is 0.316. The number of non-ortho nitro benzene ring substituents is 1. The number of esters is 1. The minimum absolute atomic E-state index is 0.0256. The van der Waals surface area contributed by atoms with Crippen molar-refractivity contribution in [2.45, 2.75) is 25.7 Å². The van der Waals surface area contributed by atoms with Gasteiger partial charge in [-0.05, 0) is 37.3 Å². The number of nitro groups is 1. The van der Waals surface area contributed by atoms with Crippen LogP contribution in [0.15, 0.2) is 18.2 Å². The zero-order valence-corrected chi connectivity index (χ0v) is 16.6. The zero-order valence-electron chi connectivity index (χ0n) is 15.8. The van der Waals surface area contributed by atoms with E-state index >= 15 is 0 Å². The number of carbonyl (C=O) groups is 3. The van der Waals surface area contributed by atoms with E-state index in [-0.39, 0.29) is 24.5 Å². The highest BCUT2D eigenvalue weighted by molar-refractivity contribution is 7.17. The third kappa shape index (κ3) is 3.71. The van der Waals surface area contributed by atoms with E-state index in [2.05, 4.69) is 5.32 Å². The zero-order chi connectivity index (χ0) is 21.4. The van der Waals surface area contributed by atoms with Crippen molar-refractivity contribution in [2.75, 3.05) is 23.3 Å². The highest BCUT2D eigenvalue weighted by atomic mass is 32.1. The van der Waals surface area contributed by atoms with Gasteiger partial charge in [-0.2, -0.15) is 0 Å². The van der Waals surface area contributed by atoms with Crippen LogP contribution < -0.4 is 20.7 Å². The number of nitro benzene ring substituents is 1. The number of hydrogen-bond acceptors (Lipinski definition) is 8. The lowest BCUT2D eigenvalue weighted by atomic mass is 9.95. The summed E-state index contributed by atoms with van der Waals surface area (Å²) in [4.78, 5) is 49.5. The smallest absolute Gasteiger partial charge is 0.331 e. The summed E-state index contributed by atoms with van der Waals surface area (Å²) in [6, 6.07) is 3.86. The predicted octanol–water partition coefficient (Wildman–Crippen LogP) is 2.00. The number of primary amides is 1. The van der Waals surface area contributed by atoms with Crippen molar-refractivity contribution in [1.82, 2.24) is 0 Å². The maximum Gasteiger partial charge on any atom is 0.331 e. The second kappa shape index (κ2) is 7.75. The maximum atomic E-state index is 12.7. The molecule has 30 heavy (non-hydrogen) atoms. The van der Waals surface area contributed by atoms with Gasteiger partial charge in [0, 0.05) is 10.9 Å². The number of benzene rings is 1. The summed E-state index contributed by atoms with van der Waals surface area (Å²) in [5, 5.41) is 14.1. The molecule has 2 amide bonds. The number of ether oxygens (including phenoxy) is 1. The van der Waals surface area contributed by atoms with Crippen LogP contribution in [0.2, 0.25) is 0 Å². The van der Waals surface area contributed by atoms with Crippen LogP contribution in [0.25, 0.3) is 0 Å². The molecular formula is C19H18N4O6S. The molecule has 0 saturated heterocycles. The van der Waals surface area contributed by atoms with Crippen molar-refractivity contribution in [3.8, 4) is 5.75 Å². The lowest BCUT2D eigenvalue weighted by Gasteiger charge is -2.28. The third-order valence-electron chi connectivity index (χ3n) is 5.04. The Labute approximate surface area is 174 Å². The molecule has 2 aromatic rings. The molecule has 2 aliphatic rings. The van der Waals surface area contributed by atoms with Gasteiger partial charge in [0.05, 0.1) is 28.8 Å². The molecule has 11 heteroatoms. The van der Waals surface area contributed by atoms with Crippen LogP contribution in [0, 0.1) is 10.1 Å². The van der Waals surface area contributed by atoms with Crippen LogP contribution >= 0.6 is 11.3 Å². The van der Waals surface area contributed by atoms with E-state index in [4.69, 9.17) is 10.5 Å². The Bertz CT molecular complexity index is 1080. The van der Waals surface area contributed by atoms with E-state index in [1.165, 1.54) is 28.4 Å². The van der Waals surface area contributed by atoms with Gasteiger partial charge in [-0.1, -0.05) is 0 Å². The van der Waals surface area contributed by atoms with Gasteiger partial charge in [0.15, 0.2) is 5.75 Å². The van der Waals surface area contributed by atoms with Crippen molar-refractivity contribution < 1.29 is 24.0 Å². The summed E-state index contributed by atoms with van der Waals surface area (Å²) in [6.07, 6.45) is 3.60. The van der Waals surface area contributed by atoms with E-state index in [9.17, 15) is 24.5 Å². The fourth-order valence-electron chi connectivity index (χ4n) is 3.75. The van der Waals surface area contributed by atoms with Crippen LogP contribution in [0.3, 0.4) is 0 Å². The minimum Gasteiger partial charge on any atom is -0.423 e. The number of nitrogens with one attached hydrogen (secondary N) is 1. The summed E-state index contributed by atoms with van der Waals surface area (Å²) < 4.78 is 5.08. The lowest BCUT2D eigenvalue weighted by molar-refractivity contribution is -0.384. The molecule has 4 rings (SSSR count). The Kier molecular flexibility index (Phi) is 5.12. The van der Waals surface area contributed by atoms with E-state index in [0.29, 0.717) is 16.3 Å². The minimum atomic E-state index is -0.625. The number of thiophene rings is 1.